The minimum atomic E-state index is 0.513. The standard InChI is InChI=1S/C21H28O/c1-15(2)10-19-13-18(12-17-8-6-5-7-9-17)14-20(21(19)22)11-16(3)4/h5-9,13-16,22H,10-12H2,1-4H3. The van der Waals surface area contributed by atoms with E-state index in [0.29, 0.717) is 17.6 Å². The van der Waals surface area contributed by atoms with Gasteiger partial charge in [0.2, 0.25) is 0 Å². The Balaban J connectivity index is 2.35. The van der Waals surface area contributed by atoms with Crippen LogP contribution in [0.5, 0.6) is 5.75 Å². The van der Waals surface area contributed by atoms with Gasteiger partial charge in [-0.3, -0.25) is 0 Å². The Kier molecular flexibility index (Phi) is 5.65. The zero-order chi connectivity index (χ0) is 16.1. The van der Waals surface area contributed by atoms with Gasteiger partial charge >= 0.3 is 0 Å². The van der Waals surface area contributed by atoms with Crippen LogP contribution in [0.1, 0.15) is 49.9 Å². The molecule has 0 bridgehead atoms. The molecule has 118 valence electrons. The van der Waals surface area contributed by atoms with Gasteiger partial charge in [0.05, 0.1) is 0 Å². The number of phenols is 1. The van der Waals surface area contributed by atoms with Crippen molar-refractivity contribution in [3.05, 3.63) is 64.7 Å². The topological polar surface area (TPSA) is 20.2 Å². The van der Waals surface area contributed by atoms with Crippen molar-refractivity contribution < 1.29 is 5.11 Å². The summed E-state index contributed by atoms with van der Waals surface area (Å²) in [5, 5.41) is 10.6. The maximum atomic E-state index is 10.6. The fourth-order valence-corrected chi connectivity index (χ4v) is 2.96. The van der Waals surface area contributed by atoms with Gasteiger partial charge in [-0.15, -0.1) is 0 Å². The van der Waals surface area contributed by atoms with Crippen molar-refractivity contribution in [3.63, 3.8) is 0 Å². The minimum absolute atomic E-state index is 0.513. The molecular weight excluding hydrogens is 268 g/mol. The molecule has 2 aromatic carbocycles. The number of aromatic hydroxyl groups is 1. The normalized spacial score (nSPS) is 11.4. The van der Waals surface area contributed by atoms with Crippen LogP contribution in [0.25, 0.3) is 0 Å². The maximum absolute atomic E-state index is 10.6. The molecule has 1 nitrogen and oxygen atoms in total. The van der Waals surface area contributed by atoms with E-state index in [1.54, 1.807) is 0 Å². The number of phenolic OH excluding ortho intramolecular Hbond substituents is 1. The predicted octanol–water partition coefficient (Wildman–Crippen LogP) is 5.38. The third-order valence-corrected chi connectivity index (χ3v) is 3.83. The van der Waals surface area contributed by atoms with E-state index < -0.39 is 0 Å². The summed E-state index contributed by atoms with van der Waals surface area (Å²) in [6, 6.07) is 14.9. The Labute approximate surface area is 135 Å². The van der Waals surface area contributed by atoms with E-state index in [-0.39, 0.29) is 0 Å². The van der Waals surface area contributed by atoms with Crippen LogP contribution >= 0.6 is 0 Å². The van der Waals surface area contributed by atoms with Crippen molar-refractivity contribution in [2.24, 2.45) is 11.8 Å². The lowest BCUT2D eigenvalue weighted by Gasteiger charge is -2.16. The van der Waals surface area contributed by atoms with Crippen LogP contribution in [0.3, 0.4) is 0 Å². The van der Waals surface area contributed by atoms with Gasteiger partial charge in [-0.2, -0.15) is 0 Å². The molecule has 0 unspecified atom stereocenters. The fourth-order valence-electron chi connectivity index (χ4n) is 2.96. The zero-order valence-electron chi connectivity index (χ0n) is 14.3. The van der Waals surface area contributed by atoms with Crippen LogP contribution in [0, 0.1) is 11.8 Å². The summed E-state index contributed by atoms with van der Waals surface area (Å²) in [5.74, 6) is 1.61. The molecule has 0 heterocycles. The summed E-state index contributed by atoms with van der Waals surface area (Å²) in [6.07, 6.45) is 2.79. The number of benzene rings is 2. The highest BCUT2D eigenvalue weighted by Crippen LogP contribution is 2.30. The molecule has 0 aliphatic heterocycles. The SMILES string of the molecule is CC(C)Cc1cc(Cc2ccccc2)cc(CC(C)C)c1O. The highest BCUT2D eigenvalue weighted by Gasteiger charge is 2.13. The Morgan fingerprint density at radius 1 is 0.773 bits per heavy atom. The molecule has 0 radical (unpaired) electrons. The van der Waals surface area contributed by atoms with Crippen LogP contribution in [-0.2, 0) is 19.3 Å². The average Bonchev–Trinajstić information content (AvgIpc) is 2.44. The highest BCUT2D eigenvalue weighted by atomic mass is 16.3. The van der Waals surface area contributed by atoms with Crippen molar-refractivity contribution in [3.8, 4) is 5.75 Å². The Bertz CT molecular complexity index is 566. The van der Waals surface area contributed by atoms with Gasteiger partial charge in [-0.05, 0) is 53.4 Å². The first-order valence-corrected chi connectivity index (χ1v) is 8.33. The lowest BCUT2D eigenvalue weighted by Crippen LogP contribution is -2.02. The first-order valence-electron chi connectivity index (χ1n) is 8.33. The molecule has 0 fully saturated rings. The molecule has 1 heteroatoms. The molecule has 0 atom stereocenters. The summed E-state index contributed by atoms with van der Waals surface area (Å²) in [4.78, 5) is 0. The molecule has 2 rings (SSSR count). The van der Waals surface area contributed by atoms with Crippen LogP contribution in [0.4, 0.5) is 0 Å². The summed E-state index contributed by atoms with van der Waals surface area (Å²) in [5.41, 5.74) is 4.81. The van der Waals surface area contributed by atoms with Gasteiger partial charge in [0.25, 0.3) is 0 Å². The van der Waals surface area contributed by atoms with Gasteiger partial charge in [-0.25, -0.2) is 0 Å². The van der Waals surface area contributed by atoms with Crippen LogP contribution in [0.15, 0.2) is 42.5 Å². The van der Waals surface area contributed by atoms with E-state index in [2.05, 4.69) is 70.2 Å². The number of rotatable bonds is 6. The minimum Gasteiger partial charge on any atom is -0.507 e. The van der Waals surface area contributed by atoms with Gasteiger partial charge in [0, 0.05) is 0 Å². The summed E-state index contributed by atoms with van der Waals surface area (Å²) >= 11 is 0. The predicted molar refractivity (Wildman–Crippen MR) is 94.4 cm³/mol. The van der Waals surface area contributed by atoms with E-state index in [4.69, 9.17) is 0 Å². The van der Waals surface area contributed by atoms with Crippen molar-refractivity contribution in [2.45, 2.75) is 47.0 Å². The fraction of sp³-hybridized carbons (Fsp3) is 0.429. The number of hydrogen-bond donors (Lipinski definition) is 1. The largest absolute Gasteiger partial charge is 0.507 e. The average molecular weight is 296 g/mol. The molecule has 22 heavy (non-hydrogen) atoms. The van der Waals surface area contributed by atoms with E-state index in [9.17, 15) is 5.11 Å². The van der Waals surface area contributed by atoms with Gasteiger partial charge in [0.15, 0.2) is 0 Å². The Morgan fingerprint density at radius 3 is 1.73 bits per heavy atom. The molecule has 0 saturated carbocycles. The first kappa shape index (κ1) is 16.6. The number of hydrogen-bond acceptors (Lipinski definition) is 1. The van der Waals surface area contributed by atoms with Crippen molar-refractivity contribution in [1.82, 2.24) is 0 Å². The van der Waals surface area contributed by atoms with E-state index in [1.807, 2.05) is 0 Å². The smallest absolute Gasteiger partial charge is 0.121 e. The third kappa shape index (κ3) is 4.62. The van der Waals surface area contributed by atoms with E-state index in [0.717, 1.165) is 30.4 Å². The second-order valence-corrected chi connectivity index (χ2v) is 7.12. The Hall–Kier alpha value is -1.76. The monoisotopic (exact) mass is 296 g/mol. The van der Waals surface area contributed by atoms with E-state index in [1.165, 1.54) is 11.1 Å². The second-order valence-electron chi connectivity index (χ2n) is 7.12. The summed E-state index contributed by atoms with van der Waals surface area (Å²) < 4.78 is 0. The molecule has 1 N–H and O–H groups in total. The molecule has 0 aliphatic rings. The quantitative estimate of drug-likeness (QED) is 0.758. The van der Waals surface area contributed by atoms with Gasteiger partial charge < -0.3 is 5.11 Å². The maximum Gasteiger partial charge on any atom is 0.121 e. The molecular formula is C21H28O. The van der Waals surface area contributed by atoms with Crippen LogP contribution in [0.2, 0.25) is 0 Å². The van der Waals surface area contributed by atoms with Crippen molar-refractivity contribution in [2.75, 3.05) is 0 Å². The lowest BCUT2D eigenvalue weighted by molar-refractivity contribution is 0.450. The summed E-state index contributed by atoms with van der Waals surface area (Å²) in [6.45, 7) is 8.80. The molecule has 0 spiro atoms. The van der Waals surface area contributed by atoms with Gasteiger partial charge in [-0.1, -0.05) is 70.2 Å². The molecule has 2 aromatic rings. The van der Waals surface area contributed by atoms with E-state index >= 15 is 0 Å². The third-order valence-electron chi connectivity index (χ3n) is 3.83. The highest BCUT2D eigenvalue weighted by molar-refractivity contribution is 5.45. The van der Waals surface area contributed by atoms with Crippen molar-refractivity contribution >= 4 is 0 Å². The van der Waals surface area contributed by atoms with Gasteiger partial charge in [0.1, 0.15) is 5.75 Å². The molecule has 0 saturated heterocycles. The second kappa shape index (κ2) is 7.49. The van der Waals surface area contributed by atoms with Crippen molar-refractivity contribution in [1.29, 1.82) is 0 Å². The zero-order valence-corrected chi connectivity index (χ0v) is 14.3. The molecule has 0 amide bonds. The van der Waals surface area contributed by atoms with Crippen LogP contribution in [-0.4, -0.2) is 5.11 Å². The molecule has 0 aromatic heterocycles. The molecule has 0 aliphatic carbocycles. The Morgan fingerprint density at radius 2 is 1.27 bits per heavy atom. The van der Waals surface area contributed by atoms with Crippen LogP contribution < -0.4 is 0 Å². The first-order chi connectivity index (χ1) is 10.5. The lowest BCUT2D eigenvalue weighted by atomic mass is 9.91. The summed E-state index contributed by atoms with van der Waals surface area (Å²) in [7, 11) is 0.